The third-order valence-corrected chi connectivity index (χ3v) is 3.93. The summed E-state index contributed by atoms with van der Waals surface area (Å²) in [7, 11) is 0. The predicted molar refractivity (Wildman–Crippen MR) is 81.1 cm³/mol. The van der Waals surface area contributed by atoms with Crippen LogP contribution in [0, 0.1) is 5.41 Å². The van der Waals surface area contributed by atoms with Crippen LogP contribution in [0.25, 0.3) is 0 Å². The van der Waals surface area contributed by atoms with E-state index in [-0.39, 0.29) is 0 Å². The molecule has 0 bridgehead atoms. The summed E-state index contributed by atoms with van der Waals surface area (Å²) in [6, 6.07) is 0.797. The molecule has 2 heteroatoms. The highest BCUT2D eigenvalue weighted by molar-refractivity contribution is 4.79. The number of likely N-dealkylation sites (tertiary alicyclic amines) is 1. The maximum Gasteiger partial charge on any atom is 0.0220 e. The van der Waals surface area contributed by atoms with Gasteiger partial charge in [-0.25, -0.2) is 0 Å². The third-order valence-electron chi connectivity index (χ3n) is 3.93. The first-order valence-corrected chi connectivity index (χ1v) is 7.97. The molecule has 1 unspecified atom stereocenters. The van der Waals surface area contributed by atoms with E-state index < -0.39 is 0 Å². The molecule has 0 radical (unpaired) electrons. The van der Waals surface area contributed by atoms with Gasteiger partial charge >= 0.3 is 0 Å². The van der Waals surface area contributed by atoms with E-state index in [9.17, 15) is 0 Å². The van der Waals surface area contributed by atoms with Crippen molar-refractivity contribution in [2.24, 2.45) is 5.41 Å². The lowest BCUT2D eigenvalue weighted by Gasteiger charge is -2.36. The maximum absolute atomic E-state index is 3.60. The Kier molecular flexibility index (Phi) is 7.25. The molecule has 18 heavy (non-hydrogen) atoms. The molecule has 1 aliphatic rings. The van der Waals surface area contributed by atoms with Crippen LogP contribution in [-0.2, 0) is 0 Å². The van der Waals surface area contributed by atoms with Gasteiger partial charge in [0.15, 0.2) is 0 Å². The Morgan fingerprint density at radius 3 is 2.67 bits per heavy atom. The van der Waals surface area contributed by atoms with E-state index >= 15 is 0 Å². The minimum absolute atomic E-state index is 0.492. The Labute approximate surface area is 115 Å². The number of nitrogens with one attached hydrogen (secondary N) is 1. The monoisotopic (exact) mass is 254 g/mol. The summed E-state index contributed by atoms with van der Waals surface area (Å²) in [4.78, 5) is 2.73. The molecule has 1 rings (SSSR count). The molecule has 0 amide bonds. The summed E-state index contributed by atoms with van der Waals surface area (Å²) < 4.78 is 0. The SMILES string of the molecule is CCCNCC1CCCCN1CCCC(C)(C)C. The van der Waals surface area contributed by atoms with Crippen molar-refractivity contribution in [2.45, 2.75) is 72.3 Å². The van der Waals surface area contributed by atoms with Crippen LogP contribution in [0.2, 0.25) is 0 Å². The van der Waals surface area contributed by atoms with Gasteiger partial charge in [-0.05, 0) is 57.2 Å². The van der Waals surface area contributed by atoms with Gasteiger partial charge in [0, 0.05) is 12.6 Å². The first-order valence-electron chi connectivity index (χ1n) is 7.97. The van der Waals surface area contributed by atoms with Crippen LogP contribution < -0.4 is 5.32 Å². The van der Waals surface area contributed by atoms with Gasteiger partial charge in [-0.15, -0.1) is 0 Å². The van der Waals surface area contributed by atoms with Gasteiger partial charge in [0.05, 0.1) is 0 Å². The number of hydrogen-bond acceptors (Lipinski definition) is 2. The first-order chi connectivity index (χ1) is 8.53. The Morgan fingerprint density at radius 1 is 1.22 bits per heavy atom. The van der Waals surface area contributed by atoms with Crippen molar-refractivity contribution in [3.63, 3.8) is 0 Å². The molecule has 0 saturated carbocycles. The summed E-state index contributed by atoms with van der Waals surface area (Å²) in [6.45, 7) is 14.3. The van der Waals surface area contributed by atoms with Crippen LogP contribution in [0.3, 0.4) is 0 Å². The zero-order valence-corrected chi connectivity index (χ0v) is 13.1. The maximum atomic E-state index is 3.60. The van der Waals surface area contributed by atoms with E-state index in [4.69, 9.17) is 0 Å². The van der Waals surface area contributed by atoms with Crippen molar-refractivity contribution in [2.75, 3.05) is 26.2 Å². The molecular weight excluding hydrogens is 220 g/mol. The zero-order chi connectivity index (χ0) is 13.4. The van der Waals surface area contributed by atoms with Gasteiger partial charge in [-0.2, -0.15) is 0 Å². The topological polar surface area (TPSA) is 15.3 Å². The molecule has 108 valence electrons. The highest BCUT2D eigenvalue weighted by Crippen LogP contribution is 2.22. The van der Waals surface area contributed by atoms with Crippen LogP contribution in [0.1, 0.15) is 66.2 Å². The number of nitrogens with zero attached hydrogens (tertiary/aromatic N) is 1. The third kappa shape index (κ3) is 6.75. The Balaban J connectivity index is 2.26. The number of rotatable bonds is 7. The molecule has 1 aliphatic heterocycles. The van der Waals surface area contributed by atoms with Crippen molar-refractivity contribution >= 4 is 0 Å². The van der Waals surface area contributed by atoms with E-state index in [1.54, 1.807) is 0 Å². The van der Waals surface area contributed by atoms with Crippen LogP contribution in [-0.4, -0.2) is 37.1 Å². The fourth-order valence-corrected chi connectivity index (χ4v) is 2.84. The van der Waals surface area contributed by atoms with E-state index in [2.05, 4.69) is 37.9 Å². The summed E-state index contributed by atoms with van der Waals surface area (Å²) in [6.07, 6.45) is 8.17. The van der Waals surface area contributed by atoms with Crippen molar-refractivity contribution in [1.82, 2.24) is 10.2 Å². The first kappa shape index (κ1) is 16.0. The Bertz CT molecular complexity index is 208. The van der Waals surface area contributed by atoms with Crippen molar-refractivity contribution < 1.29 is 0 Å². The van der Waals surface area contributed by atoms with E-state index in [1.807, 2.05) is 0 Å². The van der Waals surface area contributed by atoms with Crippen molar-refractivity contribution in [3.05, 3.63) is 0 Å². The fraction of sp³-hybridized carbons (Fsp3) is 1.00. The quantitative estimate of drug-likeness (QED) is 0.697. The van der Waals surface area contributed by atoms with E-state index in [0.29, 0.717) is 5.41 Å². The number of piperidine rings is 1. The average molecular weight is 254 g/mol. The second kappa shape index (κ2) is 8.16. The van der Waals surface area contributed by atoms with Crippen LogP contribution >= 0.6 is 0 Å². The predicted octanol–water partition coefficient (Wildman–Crippen LogP) is 3.67. The zero-order valence-electron chi connectivity index (χ0n) is 13.1. The van der Waals surface area contributed by atoms with Gasteiger partial charge in [0.25, 0.3) is 0 Å². The largest absolute Gasteiger partial charge is 0.315 e. The summed E-state index contributed by atoms with van der Waals surface area (Å²) >= 11 is 0. The molecule has 1 atom stereocenters. The molecule has 0 spiro atoms. The van der Waals surface area contributed by atoms with E-state index in [0.717, 1.165) is 6.04 Å². The second-order valence-corrected chi connectivity index (χ2v) is 7.05. The molecule has 2 nitrogen and oxygen atoms in total. The number of hydrogen-bond donors (Lipinski definition) is 1. The fourth-order valence-electron chi connectivity index (χ4n) is 2.84. The molecule has 1 saturated heterocycles. The molecule has 0 aromatic rings. The molecule has 1 fully saturated rings. The van der Waals surface area contributed by atoms with Gasteiger partial charge in [0.2, 0.25) is 0 Å². The summed E-state index contributed by atoms with van der Waals surface area (Å²) in [5.41, 5.74) is 0.492. The normalized spacial score (nSPS) is 22.3. The lowest BCUT2D eigenvalue weighted by Crippen LogP contribution is -2.46. The summed E-state index contributed by atoms with van der Waals surface area (Å²) in [5.74, 6) is 0. The van der Waals surface area contributed by atoms with Crippen molar-refractivity contribution in [3.8, 4) is 0 Å². The van der Waals surface area contributed by atoms with Crippen LogP contribution in [0.4, 0.5) is 0 Å². The van der Waals surface area contributed by atoms with Gasteiger partial charge < -0.3 is 5.32 Å². The smallest absolute Gasteiger partial charge is 0.0220 e. The lowest BCUT2D eigenvalue weighted by molar-refractivity contribution is 0.138. The van der Waals surface area contributed by atoms with Crippen molar-refractivity contribution in [1.29, 1.82) is 0 Å². The minimum atomic E-state index is 0.492. The average Bonchev–Trinajstić information content (AvgIpc) is 2.30. The standard InChI is InChI=1S/C16H34N2/c1-5-11-17-14-15-9-6-7-12-18(15)13-8-10-16(2,3)4/h15,17H,5-14H2,1-4H3. The Hall–Kier alpha value is -0.0800. The van der Waals surface area contributed by atoms with E-state index in [1.165, 1.54) is 64.7 Å². The molecular formula is C16H34N2. The second-order valence-electron chi connectivity index (χ2n) is 7.05. The lowest BCUT2D eigenvalue weighted by atomic mass is 9.90. The van der Waals surface area contributed by atoms with Gasteiger partial charge in [-0.1, -0.05) is 34.1 Å². The highest BCUT2D eigenvalue weighted by Gasteiger charge is 2.22. The molecule has 0 aromatic heterocycles. The summed E-state index contributed by atoms with van der Waals surface area (Å²) in [5, 5.41) is 3.60. The van der Waals surface area contributed by atoms with Gasteiger partial charge in [-0.3, -0.25) is 4.90 Å². The minimum Gasteiger partial charge on any atom is -0.315 e. The highest BCUT2D eigenvalue weighted by atomic mass is 15.2. The molecule has 0 aliphatic carbocycles. The molecule has 1 N–H and O–H groups in total. The van der Waals surface area contributed by atoms with Crippen LogP contribution in [0.5, 0.6) is 0 Å². The molecule has 0 aromatic carbocycles. The van der Waals surface area contributed by atoms with Crippen LogP contribution in [0.15, 0.2) is 0 Å². The Morgan fingerprint density at radius 2 is 2.00 bits per heavy atom. The molecule has 1 heterocycles. The van der Waals surface area contributed by atoms with Gasteiger partial charge in [0.1, 0.15) is 0 Å².